The molecule has 118 valence electrons. The Morgan fingerprint density at radius 1 is 1.00 bits per heavy atom. The summed E-state index contributed by atoms with van der Waals surface area (Å²) in [6, 6.07) is 14.1. The number of benzene rings is 2. The highest BCUT2D eigenvalue weighted by Gasteiger charge is 2.05. The van der Waals surface area contributed by atoms with E-state index in [0.29, 0.717) is 33.1 Å². The first-order valence-corrected chi connectivity index (χ1v) is 7.58. The van der Waals surface area contributed by atoms with Gasteiger partial charge in [-0.3, -0.25) is 0 Å². The molecule has 0 aliphatic carbocycles. The highest BCUT2D eigenvalue weighted by atomic mass is 35.5. The minimum Gasteiger partial charge on any atom is -0.338 e. The molecule has 2 N–H and O–H groups in total. The molecule has 0 aliphatic heterocycles. The van der Waals surface area contributed by atoms with Gasteiger partial charge >= 0.3 is 0 Å². The van der Waals surface area contributed by atoms with E-state index >= 15 is 0 Å². The Morgan fingerprint density at radius 3 is 2.54 bits per heavy atom. The molecule has 0 atom stereocenters. The first-order chi connectivity index (χ1) is 11.6. The molecule has 0 aliphatic rings. The van der Waals surface area contributed by atoms with Crippen molar-refractivity contribution in [1.29, 1.82) is 5.26 Å². The average Bonchev–Trinajstić information content (AvgIpc) is 2.59. The van der Waals surface area contributed by atoms with Crippen LogP contribution in [0.25, 0.3) is 0 Å². The zero-order chi connectivity index (χ0) is 16.9. The summed E-state index contributed by atoms with van der Waals surface area (Å²) in [6.45, 7) is 0. The van der Waals surface area contributed by atoms with Crippen molar-refractivity contribution in [2.45, 2.75) is 0 Å². The van der Waals surface area contributed by atoms with Crippen molar-refractivity contribution in [3.8, 4) is 6.07 Å². The fourth-order valence-electron chi connectivity index (χ4n) is 1.91. The molecule has 0 saturated carbocycles. The van der Waals surface area contributed by atoms with Crippen molar-refractivity contribution >= 4 is 46.3 Å². The van der Waals surface area contributed by atoms with E-state index in [1.54, 1.807) is 42.5 Å². The summed E-state index contributed by atoms with van der Waals surface area (Å²) < 4.78 is 0. The fourth-order valence-corrected chi connectivity index (χ4v) is 2.24. The number of nitrogens with one attached hydrogen (secondary N) is 2. The summed E-state index contributed by atoms with van der Waals surface area (Å²) in [5.74, 6) is 0.771. The number of nitrogens with zero attached hydrogens (tertiary/aromatic N) is 4. The molecule has 24 heavy (non-hydrogen) atoms. The van der Waals surface area contributed by atoms with Gasteiger partial charge in [0.2, 0.25) is 5.95 Å². The molecule has 0 saturated heterocycles. The molecule has 1 heterocycles. The van der Waals surface area contributed by atoms with Crippen molar-refractivity contribution in [3.05, 3.63) is 64.3 Å². The van der Waals surface area contributed by atoms with Gasteiger partial charge in [-0.2, -0.15) is 15.3 Å². The Hall–Kier alpha value is -2.88. The van der Waals surface area contributed by atoms with Gasteiger partial charge in [0.05, 0.1) is 28.5 Å². The predicted molar refractivity (Wildman–Crippen MR) is 94.0 cm³/mol. The molecule has 0 unspecified atom stereocenters. The SMILES string of the molecule is N#Cc1ccc(Nc2nncc(Nc3cc(Cl)ccc3Cl)n2)cc1. The maximum atomic E-state index is 8.80. The van der Waals surface area contributed by atoms with E-state index in [1.165, 1.54) is 6.20 Å². The monoisotopic (exact) mass is 356 g/mol. The third kappa shape index (κ3) is 3.90. The molecule has 2 aromatic carbocycles. The van der Waals surface area contributed by atoms with Gasteiger partial charge in [0.25, 0.3) is 0 Å². The Labute approximate surface area is 148 Å². The van der Waals surface area contributed by atoms with Gasteiger partial charge in [-0.15, -0.1) is 5.10 Å². The quantitative estimate of drug-likeness (QED) is 0.713. The van der Waals surface area contributed by atoms with E-state index in [-0.39, 0.29) is 0 Å². The first kappa shape index (κ1) is 16.0. The molecule has 8 heteroatoms. The number of rotatable bonds is 4. The van der Waals surface area contributed by atoms with Crippen LogP contribution in [0.5, 0.6) is 0 Å². The van der Waals surface area contributed by atoms with Crippen LogP contribution >= 0.6 is 23.2 Å². The van der Waals surface area contributed by atoms with Crippen LogP contribution in [0.15, 0.2) is 48.7 Å². The molecule has 3 rings (SSSR count). The van der Waals surface area contributed by atoms with E-state index in [0.717, 1.165) is 5.69 Å². The number of halogens is 2. The lowest BCUT2D eigenvalue weighted by Crippen LogP contribution is -2.02. The molecular formula is C16H10Cl2N6. The Balaban J connectivity index is 1.78. The Bertz CT molecular complexity index is 905. The van der Waals surface area contributed by atoms with Crippen LogP contribution in [0.4, 0.5) is 23.1 Å². The van der Waals surface area contributed by atoms with Gasteiger partial charge in [0, 0.05) is 10.7 Å². The minimum absolute atomic E-state index is 0.308. The smallest absolute Gasteiger partial charge is 0.249 e. The third-order valence-corrected chi connectivity index (χ3v) is 3.58. The standard InChI is InChI=1S/C16H10Cl2N6/c17-11-3-6-13(18)14(7-11)22-15-9-20-24-16(23-15)21-12-4-1-10(8-19)2-5-12/h1-7,9H,(H2,21,22,23,24). The van der Waals surface area contributed by atoms with E-state index in [2.05, 4.69) is 31.9 Å². The second-order valence-corrected chi connectivity index (χ2v) is 5.57. The van der Waals surface area contributed by atoms with E-state index < -0.39 is 0 Å². The Kier molecular flexibility index (Phi) is 4.75. The van der Waals surface area contributed by atoms with Crippen LogP contribution in [0.3, 0.4) is 0 Å². The minimum atomic E-state index is 0.308. The van der Waals surface area contributed by atoms with E-state index in [9.17, 15) is 0 Å². The zero-order valence-electron chi connectivity index (χ0n) is 12.2. The van der Waals surface area contributed by atoms with Crippen LogP contribution in [-0.2, 0) is 0 Å². The van der Waals surface area contributed by atoms with Gasteiger partial charge in [0.1, 0.15) is 0 Å². The van der Waals surface area contributed by atoms with Gasteiger partial charge in [-0.1, -0.05) is 23.2 Å². The number of aromatic nitrogens is 3. The van der Waals surface area contributed by atoms with Crippen molar-refractivity contribution in [1.82, 2.24) is 15.2 Å². The topological polar surface area (TPSA) is 86.5 Å². The lowest BCUT2D eigenvalue weighted by Gasteiger charge is -2.09. The molecule has 0 fully saturated rings. The average molecular weight is 357 g/mol. The van der Waals surface area contributed by atoms with Crippen molar-refractivity contribution in [2.24, 2.45) is 0 Å². The second-order valence-electron chi connectivity index (χ2n) is 4.73. The maximum Gasteiger partial charge on any atom is 0.249 e. The van der Waals surface area contributed by atoms with Crippen LogP contribution < -0.4 is 10.6 Å². The highest BCUT2D eigenvalue weighted by molar-refractivity contribution is 6.35. The summed E-state index contributed by atoms with van der Waals surface area (Å²) >= 11 is 12.1. The van der Waals surface area contributed by atoms with E-state index in [1.807, 2.05) is 0 Å². The summed E-state index contributed by atoms with van der Waals surface area (Å²) in [7, 11) is 0. The van der Waals surface area contributed by atoms with E-state index in [4.69, 9.17) is 28.5 Å². The summed E-state index contributed by atoms with van der Waals surface area (Å²) in [5.41, 5.74) is 1.94. The zero-order valence-corrected chi connectivity index (χ0v) is 13.7. The third-order valence-electron chi connectivity index (χ3n) is 3.02. The maximum absolute atomic E-state index is 8.80. The lowest BCUT2D eigenvalue weighted by atomic mass is 10.2. The van der Waals surface area contributed by atoms with Crippen molar-refractivity contribution in [3.63, 3.8) is 0 Å². The molecule has 0 amide bonds. The van der Waals surface area contributed by atoms with Gasteiger partial charge in [-0.25, -0.2) is 0 Å². The van der Waals surface area contributed by atoms with Crippen molar-refractivity contribution < 1.29 is 0 Å². The molecule has 1 aromatic heterocycles. The van der Waals surface area contributed by atoms with Crippen LogP contribution in [0, 0.1) is 11.3 Å². The largest absolute Gasteiger partial charge is 0.338 e. The normalized spacial score (nSPS) is 10.0. The predicted octanol–water partition coefficient (Wildman–Crippen LogP) is 4.54. The molecule has 6 nitrogen and oxygen atoms in total. The molecule has 3 aromatic rings. The Morgan fingerprint density at radius 2 is 1.79 bits per heavy atom. The highest BCUT2D eigenvalue weighted by Crippen LogP contribution is 2.27. The summed E-state index contributed by atoms with van der Waals surface area (Å²) in [4.78, 5) is 4.31. The molecule has 0 bridgehead atoms. The molecule has 0 radical (unpaired) electrons. The number of anilines is 4. The number of hydrogen-bond acceptors (Lipinski definition) is 6. The van der Waals surface area contributed by atoms with Crippen LogP contribution in [-0.4, -0.2) is 15.2 Å². The van der Waals surface area contributed by atoms with Crippen LogP contribution in [0.1, 0.15) is 5.56 Å². The van der Waals surface area contributed by atoms with Crippen LogP contribution in [0.2, 0.25) is 10.0 Å². The molecule has 0 spiro atoms. The first-order valence-electron chi connectivity index (χ1n) is 6.83. The van der Waals surface area contributed by atoms with Gasteiger partial charge in [0.15, 0.2) is 5.82 Å². The lowest BCUT2D eigenvalue weighted by molar-refractivity contribution is 0.982. The number of hydrogen-bond donors (Lipinski definition) is 2. The summed E-state index contributed by atoms with van der Waals surface area (Å²) in [5, 5.41) is 23.8. The fraction of sp³-hybridized carbons (Fsp3) is 0. The van der Waals surface area contributed by atoms with Crippen molar-refractivity contribution in [2.75, 3.05) is 10.6 Å². The van der Waals surface area contributed by atoms with Gasteiger partial charge in [-0.05, 0) is 42.5 Å². The summed E-state index contributed by atoms with van der Waals surface area (Å²) in [6.07, 6.45) is 1.47. The number of nitriles is 1. The second kappa shape index (κ2) is 7.13. The molecular weight excluding hydrogens is 347 g/mol. The van der Waals surface area contributed by atoms with Gasteiger partial charge < -0.3 is 10.6 Å².